The van der Waals surface area contributed by atoms with Gasteiger partial charge in [-0.2, -0.15) is 0 Å². The van der Waals surface area contributed by atoms with Crippen LogP contribution in [0.2, 0.25) is 0 Å². The van der Waals surface area contributed by atoms with Crippen molar-refractivity contribution in [3.05, 3.63) is 35.4 Å². The van der Waals surface area contributed by atoms with Gasteiger partial charge < -0.3 is 5.32 Å². The summed E-state index contributed by atoms with van der Waals surface area (Å²) in [5.41, 5.74) is 2.92. The van der Waals surface area contributed by atoms with Gasteiger partial charge in [-0.25, -0.2) is 0 Å². The van der Waals surface area contributed by atoms with Gasteiger partial charge >= 0.3 is 0 Å². The Morgan fingerprint density at radius 3 is 2.65 bits per heavy atom. The fourth-order valence-electron chi connectivity index (χ4n) is 3.51. The molecule has 1 N–H and O–H groups in total. The van der Waals surface area contributed by atoms with Crippen LogP contribution in [0.5, 0.6) is 0 Å². The van der Waals surface area contributed by atoms with Gasteiger partial charge in [0.05, 0.1) is 0 Å². The van der Waals surface area contributed by atoms with Crippen molar-refractivity contribution in [3.63, 3.8) is 0 Å². The Kier molecular flexibility index (Phi) is 4.13. The van der Waals surface area contributed by atoms with Gasteiger partial charge in [-0.3, -0.25) is 4.90 Å². The number of piperazine rings is 1. The van der Waals surface area contributed by atoms with E-state index in [0.717, 1.165) is 25.0 Å². The SMILES string of the molecule is Cc1ccccc1CN1CC(C2CC2)NCC1C(C)C. The van der Waals surface area contributed by atoms with Crippen LogP contribution in [0.25, 0.3) is 0 Å². The zero-order chi connectivity index (χ0) is 14.1. The van der Waals surface area contributed by atoms with Crippen molar-refractivity contribution in [1.29, 1.82) is 0 Å². The maximum Gasteiger partial charge on any atom is 0.0247 e. The molecular weight excluding hydrogens is 244 g/mol. The summed E-state index contributed by atoms with van der Waals surface area (Å²) in [5, 5.41) is 3.80. The Morgan fingerprint density at radius 1 is 1.25 bits per heavy atom. The van der Waals surface area contributed by atoms with Crippen LogP contribution in [0.4, 0.5) is 0 Å². The topological polar surface area (TPSA) is 15.3 Å². The molecule has 0 radical (unpaired) electrons. The lowest BCUT2D eigenvalue weighted by molar-refractivity contribution is 0.0850. The maximum atomic E-state index is 3.80. The van der Waals surface area contributed by atoms with E-state index < -0.39 is 0 Å². The second-order valence-electron chi connectivity index (χ2n) is 7.02. The van der Waals surface area contributed by atoms with Gasteiger partial charge in [0, 0.05) is 31.7 Å². The first-order valence-electron chi connectivity index (χ1n) is 8.17. The van der Waals surface area contributed by atoms with Crippen molar-refractivity contribution in [2.75, 3.05) is 13.1 Å². The minimum atomic E-state index is 0.671. The zero-order valence-electron chi connectivity index (χ0n) is 13.1. The van der Waals surface area contributed by atoms with E-state index in [1.54, 1.807) is 0 Å². The third kappa shape index (κ3) is 3.07. The molecule has 0 bridgehead atoms. The highest BCUT2D eigenvalue weighted by Crippen LogP contribution is 2.35. The Bertz CT molecular complexity index is 450. The average Bonchev–Trinajstić information content (AvgIpc) is 3.25. The van der Waals surface area contributed by atoms with Crippen LogP contribution in [-0.2, 0) is 6.54 Å². The number of nitrogens with zero attached hydrogens (tertiary/aromatic N) is 1. The minimum absolute atomic E-state index is 0.671. The zero-order valence-corrected chi connectivity index (χ0v) is 13.1. The summed E-state index contributed by atoms with van der Waals surface area (Å²) >= 11 is 0. The molecule has 2 heteroatoms. The molecule has 20 heavy (non-hydrogen) atoms. The summed E-state index contributed by atoms with van der Waals surface area (Å²) < 4.78 is 0. The summed E-state index contributed by atoms with van der Waals surface area (Å²) in [5.74, 6) is 1.66. The summed E-state index contributed by atoms with van der Waals surface area (Å²) in [6.45, 7) is 10.4. The maximum absolute atomic E-state index is 3.80. The van der Waals surface area contributed by atoms with E-state index in [-0.39, 0.29) is 0 Å². The number of hydrogen-bond acceptors (Lipinski definition) is 2. The molecule has 2 unspecified atom stereocenters. The first-order chi connectivity index (χ1) is 9.65. The molecule has 1 aliphatic carbocycles. The molecule has 110 valence electrons. The number of benzene rings is 1. The molecule has 1 heterocycles. The fraction of sp³-hybridized carbons (Fsp3) is 0.667. The number of nitrogens with one attached hydrogen (secondary N) is 1. The first-order valence-corrected chi connectivity index (χ1v) is 8.17. The van der Waals surface area contributed by atoms with Gasteiger partial charge in [-0.15, -0.1) is 0 Å². The predicted octanol–water partition coefficient (Wildman–Crippen LogP) is 3.20. The molecule has 1 aliphatic heterocycles. The monoisotopic (exact) mass is 272 g/mol. The van der Waals surface area contributed by atoms with E-state index in [2.05, 4.69) is 55.3 Å². The molecule has 0 aromatic heterocycles. The first kappa shape index (κ1) is 14.1. The third-order valence-electron chi connectivity index (χ3n) is 5.08. The van der Waals surface area contributed by atoms with Crippen LogP contribution >= 0.6 is 0 Å². The fourth-order valence-corrected chi connectivity index (χ4v) is 3.51. The van der Waals surface area contributed by atoms with Crippen LogP contribution in [-0.4, -0.2) is 30.1 Å². The highest BCUT2D eigenvalue weighted by molar-refractivity contribution is 5.25. The lowest BCUT2D eigenvalue weighted by atomic mass is 9.95. The highest BCUT2D eigenvalue weighted by Gasteiger charge is 2.37. The standard InChI is InChI=1S/C18H28N2/c1-13(2)18-10-19-17(15-8-9-15)12-20(18)11-16-7-5-4-6-14(16)3/h4-7,13,15,17-19H,8-12H2,1-3H3. The van der Waals surface area contributed by atoms with E-state index in [1.165, 1.54) is 30.5 Å². The molecule has 0 spiro atoms. The van der Waals surface area contributed by atoms with Crippen LogP contribution in [0.1, 0.15) is 37.8 Å². The van der Waals surface area contributed by atoms with Gasteiger partial charge in [0.25, 0.3) is 0 Å². The van der Waals surface area contributed by atoms with Crippen molar-refractivity contribution in [1.82, 2.24) is 10.2 Å². The predicted molar refractivity (Wildman–Crippen MR) is 84.7 cm³/mol. The Morgan fingerprint density at radius 2 is 2.00 bits per heavy atom. The Balaban J connectivity index is 1.73. The molecule has 1 saturated carbocycles. The van der Waals surface area contributed by atoms with Crippen LogP contribution in [0.3, 0.4) is 0 Å². The van der Waals surface area contributed by atoms with Crippen LogP contribution < -0.4 is 5.32 Å². The number of rotatable bonds is 4. The van der Waals surface area contributed by atoms with Crippen molar-refractivity contribution in [3.8, 4) is 0 Å². The molecule has 2 aliphatic rings. The van der Waals surface area contributed by atoms with Gasteiger partial charge in [0.1, 0.15) is 0 Å². The number of aryl methyl sites for hydroxylation is 1. The van der Waals surface area contributed by atoms with E-state index in [9.17, 15) is 0 Å². The van der Waals surface area contributed by atoms with E-state index >= 15 is 0 Å². The second-order valence-corrected chi connectivity index (χ2v) is 7.02. The summed E-state index contributed by atoms with van der Waals surface area (Å²) in [4.78, 5) is 2.73. The second kappa shape index (κ2) is 5.87. The molecule has 1 aromatic rings. The van der Waals surface area contributed by atoms with Crippen LogP contribution in [0.15, 0.2) is 24.3 Å². The van der Waals surface area contributed by atoms with Crippen LogP contribution in [0, 0.1) is 18.8 Å². The van der Waals surface area contributed by atoms with E-state index in [4.69, 9.17) is 0 Å². The lowest BCUT2D eigenvalue weighted by Crippen LogP contribution is -2.58. The van der Waals surface area contributed by atoms with Gasteiger partial charge in [0.2, 0.25) is 0 Å². The summed E-state index contributed by atoms with van der Waals surface area (Å²) in [6, 6.07) is 10.2. The molecule has 1 saturated heterocycles. The summed E-state index contributed by atoms with van der Waals surface area (Å²) in [7, 11) is 0. The molecule has 0 amide bonds. The van der Waals surface area contributed by atoms with Gasteiger partial charge in [-0.1, -0.05) is 38.1 Å². The van der Waals surface area contributed by atoms with Crippen molar-refractivity contribution in [2.24, 2.45) is 11.8 Å². The molecule has 2 atom stereocenters. The molecule has 2 fully saturated rings. The van der Waals surface area contributed by atoms with Gasteiger partial charge in [0.15, 0.2) is 0 Å². The lowest BCUT2D eigenvalue weighted by Gasteiger charge is -2.43. The Hall–Kier alpha value is -0.860. The normalized spacial score (nSPS) is 28.0. The quantitative estimate of drug-likeness (QED) is 0.905. The van der Waals surface area contributed by atoms with E-state index in [1.807, 2.05) is 0 Å². The molecule has 1 aromatic carbocycles. The Labute approximate surface area is 123 Å². The van der Waals surface area contributed by atoms with Gasteiger partial charge in [-0.05, 0) is 42.7 Å². The number of hydrogen-bond donors (Lipinski definition) is 1. The van der Waals surface area contributed by atoms with Crippen molar-refractivity contribution in [2.45, 2.75) is 52.2 Å². The average molecular weight is 272 g/mol. The smallest absolute Gasteiger partial charge is 0.0247 e. The molecule has 2 nitrogen and oxygen atoms in total. The largest absolute Gasteiger partial charge is 0.311 e. The highest BCUT2D eigenvalue weighted by atomic mass is 15.2. The minimum Gasteiger partial charge on any atom is -0.311 e. The summed E-state index contributed by atoms with van der Waals surface area (Å²) in [6.07, 6.45) is 2.87. The van der Waals surface area contributed by atoms with Crippen molar-refractivity contribution >= 4 is 0 Å². The molecule has 3 rings (SSSR count). The molecular formula is C18H28N2. The van der Waals surface area contributed by atoms with Crippen molar-refractivity contribution < 1.29 is 0 Å². The third-order valence-corrected chi connectivity index (χ3v) is 5.08. The van der Waals surface area contributed by atoms with E-state index in [0.29, 0.717) is 12.0 Å².